The number of fused-ring (bicyclic) bond motifs is 2. The van der Waals surface area contributed by atoms with Gasteiger partial charge in [0.15, 0.2) is 11.6 Å². The molecule has 6 nitrogen and oxygen atoms in total. The topological polar surface area (TPSA) is 69.0 Å². The molecule has 2 aromatic rings. The fourth-order valence-corrected chi connectivity index (χ4v) is 4.21. The van der Waals surface area contributed by atoms with Crippen molar-refractivity contribution >= 4 is 29.3 Å². The highest BCUT2D eigenvalue weighted by Gasteiger charge is 2.27. The van der Waals surface area contributed by atoms with E-state index in [1.54, 1.807) is 12.2 Å². The first-order valence-corrected chi connectivity index (χ1v) is 10.7. The predicted molar refractivity (Wildman–Crippen MR) is 124 cm³/mol. The van der Waals surface area contributed by atoms with Crippen LogP contribution in [0.5, 0.6) is 0 Å². The zero-order chi connectivity index (χ0) is 22.3. The molecule has 0 saturated carbocycles. The minimum absolute atomic E-state index is 0.00162. The molecule has 0 aliphatic heterocycles. The Morgan fingerprint density at radius 1 is 1.00 bits per heavy atom. The van der Waals surface area contributed by atoms with Gasteiger partial charge in [-0.1, -0.05) is 6.08 Å². The summed E-state index contributed by atoms with van der Waals surface area (Å²) in [7, 11) is 10.5. The zero-order valence-electron chi connectivity index (χ0n) is 19.0. The third-order valence-electron chi connectivity index (χ3n) is 5.90. The number of hydrogen-bond acceptors (Lipinski definition) is 3. The van der Waals surface area contributed by atoms with Crippen LogP contribution in [0.1, 0.15) is 37.5 Å². The van der Waals surface area contributed by atoms with Crippen LogP contribution in [0.25, 0.3) is 17.7 Å². The van der Waals surface area contributed by atoms with Crippen molar-refractivity contribution in [2.45, 2.75) is 12.8 Å². The summed E-state index contributed by atoms with van der Waals surface area (Å²) >= 11 is 0. The number of nitrogens with zero attached hydrogens (tertiary/aromatic N) is 2. The molecule has 2 aromatic heterocycles. The van der Waals surface area contributed by atoms with Crippen molar-refractivity contribution in [2.24, 2.45) is 0 Å². The lowest BCUT2D eigenvalue weighted by atomic mass is 9.91. The van der Waals surface area contributed by atoms with Crippen LogP contribution in [0.15, 0.2) is 24.4 Å². The summed E-state index contributed by atoms with van der Waals surface area (Å²) in [5.74, 6) is 0.0104. The van der Waals surface area contributed by atoms with Crippen LogP contribution in [-0.2, 0) is 12.8 Å². The number of H-pyrrole nitrogens is 2. The summed E-state index contributed by atoms with van der Waals surface area (Å²) in [5, 5.41) is 1.57. The van der Waals surface area contributed by atoms with E-state index in [1.165, 1.54) is 0 Å². The Labute approximate surface area is 182 Å². The lowest BCUT2D eigenvalue weighted by molar-refractivity contribution is -0.870. The molecule has 4 rings (SSSR count). The van der Waals surface area contributed by atoms with Gasteiger partial charge < -0.3 is 19.4 Å². The minimum atomic E-state index is -0.00162. The Kier molecular flexibility index (Phi) is 5.45. The van der Waals surface area contributed by atoms with E-state index >= 15 is 0 Å². The van der Waals surface area contributed by atoms with Crippen molar-refractivity contribution in [1.29, 1.82) is 0 Å². The summed E-state index contributed by atoms with van der Waals surface area (Å²) < 4.78 is 0.781. The summed E-state index contributed by atoms with van der Waals surface area (Å²) in [6, 6.07) is 0. The lowest BCUT2D eigenvalue weighted by Gasteiger charge is -2.24. The van der Waals surface area contributed by atoms with Gasteiger partial charge in [-0.25, -0.2) is 0 Å². The second kappa shape index (κ2) is 7.94. The number of carbonyl (C=O) groups is 2. The normalized spacial score (nSPS) is 17.2. The van der Waals surface area contributed by atoms with E-state index < -0.39 is 0 Å². The number of aromatic nitrogens is 2. The quantitative estimate of drug-likeness (QED) is 0.694. The monoisotopic (exact) mass is 419 g/mol. The number of Topliss-reactive ketones (excluding diaryl/α,β-unsaturated/α-hetero) is 1. The van der Waals surface area contributed by atoms with Gasteiger partial charge in [0.05, 0.1) is 49.5 Å². The zero-order valence-corrected chi connectivity index (χ0v) is 19.0. The Morgan fingerprint density at radius 2 is 1.77 bits per heavy atom. The van der Waals surface area contributed by atoms with Crippen LogP contribution in [0.2, 0.25) is 0 Å². The summed E-state index contributed by atoms with van der Waals surface area (Å²) in [5.41, 5.74) is 4.91. The number of allylic oxidation sites excluding steroid dienone is 3. The van der Waals surface area contributed by atoms with E-state index in [-0.39, 0.29) is 11.6 Å². The Hall–Kier alpha value is -2.96. The molecule has 0 amide bonds. The first kappa shape index (κ1) is 21.3. The highest BCUT2D eigenvalue weighted by molar-refractivity contribution is 6.31. The van der Waals surface area contributed by atoms with Crippen molar-refractivity contribution in [1.82, 2.24) is 14.9 Å². The summed E-state index contributed by atoms with van der Waals surface area (Å²) in [4.78, 5) is 35.1. The van der Waals surface area contributed by atoms with E-state index in [0.29, 0.717) is 11.1 Å². The molecule has 0 aromatic carbocycles. The molecule has 0 atom stereocenters. The molecular formula is C25H31N4O2+. The van der Waals surface area contributed by atoms with E-state index in [9.17, 15) is 9.59 Å². The molecular weight excluding hydrogens is 388 g/mol. The highest BCUT2D eigenvalue weighted by atomic mass is 16.1. The fourth-order valence-electron chi connectivity index (χ4n) is 4.21. The van der Waals surface area contributed by atoms with Gasteiger partial charge in [0.1, 0.15) is 0 Å². The highest BCUT2D eigenvalue weighted by Crippen LogP contribution is 2.26. The molecule has 2 aliphatic rings. The van der Waals surface area contributed by atoms with Crippen LogP contribution in [-0.4, -0.2) is 79.2 Å². The minimum Gasteiger partial charge on any atom is -0.361 e. The number of hydrogen-bond donors (Lipinski definition) is 2. The largest absolute Gasteiger partial charge is 0.361 e. The fraction of sp³-hybridized carbons (Fsp3) is 0.360. The van der Waals surface area contributed by atoms with E-state index in [0.717, 1.165) is 63.5 Å². The second-order valence-electron chi connectivity index (χ2n) is 9.65. The molecule has 2 N–H and O–H groups in total. The smallest absolute Gasteiger partial charge is 0.197 e. The Bertz CT molecular complexity index is 1230. The van der Waals surface area contributed by atoms with Gasteiger partial charge in [-0.15, -0.1) is 0 Å². The summed E-state index contributed by atoms with van der Waals surface area (Å²) in [6.45, 7) is 1.74. The number of likely N-dealkylation sites (N-methyl/N-ethyl adjacent to an activating group) is 2. The molecule has 2 heterocycles. The van der Waals surface area contributed by atoms with Crippen LogP contribution in [0, 0.1) is 0 Å². The van der Waals surface area contributed by atoms with Crippen molar-refractivity contribution in [3.63, 3.8) is 0 Å². The molecule has 162 valence electrons. The maximum absolute atomic E-state index is 13.6. The first-order valence-electron chi connectivity index (χ1n) is 10.7. The Balaban J connectivity index is 1.86. The van der Waals surface area contributed by atoms with Crippen LogP contribution in [0.4, 0.5) is 0 Å². The number of nitrogens with one attached hydrogen (secondary N) is 2. The summed E-state index contributed by atoms with van der Waals surface area (Å²) in [6.07, 6.45) is 12.6. The maximum atomic E-state index is 13.6. The average molecular weight is 420 g/mol. The second-order valence-corrected chi connectivity index (χ2v) is 9.65. The van der Waals surface area contributed by atoms with E-state index in [2.05, 4.69) is 36.0 Å². The standard InChI is InChI=1S/C25H30N4O2/c1-28(2)13-11-16-15-26-19-10-9-18(25(31)22(16)19)24-17(12-14-29(3,4)5)23-20(27-24)7-6-8-21(23)30/h6-10,15H,11-14H2,1-5H3,(H-,26,27,30,31)/p+1. The molecule has 2 aliphatic carbocycles. The third-order valence-corrected chi connectivity index (χ3v) is 5.90. The molecule has 31 heavy (non-hydrogen) atoms. The molecule has 6 heteroatoms. The van der Waals surface area contributed by atoms with Gasteiger partial charge in [0, 0.05) is 30.4 Å². The molecule has 0 fully saturated rings. The van der Waals surface area contributed by atoms with Crippen molar-refractivity contribution < 1.29 is 14.1 Å². The van der Waals surface area contributed by atoms with Crippen molar-refractivity contribution in [3.8, 4) is 0 Å². The SMILES string of the molecule is CN(C)CCc1c[nH]c2c1C(=O)C(=c1[nH]c3c(c1CC[N+](C)(C)C)C(=O)C=CC=3)C=C2. The predicted octanol–water partition coefficient (Wildman–Crippen LogP) is 1.29. The average Bonchev–Trinajstić information content (AvgIpc) is 3.27. The molecule has 0 unspecified atom stereocenters. The van der Waals surface area contributed by atoms with Gasteiger partial charge in [0.25, 0.3) is 0 Å². The van der Waals surface area contributed by atoms with Crippen LogP contribution < -0.4 is 10.7 Å². The van der Waals surface area contributed by atoms with Crippen LogP contribution >= 0.6 is 0 Å². The van der Waals surface area contributed by atoms with Crippen molar-refractivity contribution in [2.75, 3.05) is 48.3 Å². The van der Waals surface area contributed by atoms with Gasteiger partial charge in [-0.2, -0.15) is 0 Å². The lowest BCUT2D eigenvalue weighted by Crippen LogP contribution is -2.37. The first-order chi connectivity index (χ1) is 14.7. The van der Waals surface area contributed by atoms with Gasteiger partial charge in [0.2, 0.25) is 0 Å². The van der Waals surface area contributed by atoms with E-state index in [1.807, 2.05) is 38.5 Å². The molecule has 0 spiro atoms. The third kappa shape index (κ3) is 4.13. The van der Waals surface area contributed by atoms with Gasteiger partial charge in [-0.05, 0) is 55.9 Å². The molecule has 0 saturated heterocycles. The number of rotatable bonds is 6. The van der Waals surface area contributed by atoms with Gasteiger partial charge >= 0.3 is 0 Å². The van der Waals surface area contributed by atoms with Crippen LogP contribution in [0.3, 0.4) is 0 Å². The maximum Gasteiger partial charge on any atom is 0.197 e. The van der Waals surface area contributed by atoms with Crippen molar-refractivity contribution in [3.05, 3.63) is 63.1 Å². The number of ketones is 2. The van der Waals surface area contributed by atoms with Gasteiger partial charge in [-0.3, -0.25) is 9.59 Å². The number of aromatic amines is 2. The molecule has 0 radical (unpaired) electrons. The van der Waals surface area contributed by atoms with E-state index in [4.69, 9.17) is 0 Å². The Morgan fingerprint density at radius 3 is 2.48 bits per heavy atom. The number of quaternary nitrogens is 1. The molecule has 0 bridgehead atoms. The number of carbonyl (C=O) groups excluding carboxylic acids is 2.